The van der Waals surface area contributed by atoms with Crippen LogP contribution in [-0.4, -0.2) is 86.2 Å². The Kier molecular flexibility index (Phi) is 17.3. The van der Waals surface area contributed by atoms with Crippen LogP contribution in [0.5, 0.6) is 17.2 Å². The van der Waals surface area contributed by atoms with E-state index in [1.165, 1.54) is 49.2 Å². The fourth-order valence-electron chi connectivity index (χ4n) is 4.82. The minimum absolute atomic E-state index is 0.00331. The van der Waals surface area contributed by atoms with Gasteiger partial charge in [-0.1, -0.05) is 44.4 Å². The molecular weight excluding hydrogens is 642 g/mol. The first-order chi connectivity index (χ1) is 22.8. The first kappa shape index (κ1) is 39.9. The molecule has 0 aliphatic rings. The zero-order valence-electron chi connectivity index (χ0n) is 27.4. The van der Waals surface area contributed by atoms with Crippen LogP contribution in [0.2, 0.25) is 0 Å². The number of hydrogen-bond donors (Lipinski definition) is 7. The molecule has 2 aromatic carbocycles. The highest BCUT2D eigenvalue weighted by atomic mass is 32.2. The Balaban J connectivity index is 2.16. The van der Waals surface area contributed by atoms with Gasteiger partial charge in [-0.05, 0) is 54.7 Å². The molecule has 2 rings (SSSR count). The van der Waals surface area contributed by atoms with Crippen LogP contribution < -0.4 is 21.1 Å². The van der Waals surface area contributed by atoms with Crippen molar-refractivity contribution in [1.82, 2.24) is 10.6 Å². The number of carboxylic acids is 2. The molecule has 14 heteroatoms. The highest BCUT2D eigenvalue weighted by Crippen LogP contribution is 2.28. The van der Waals surface area contributed by atoms with E-state index in [0.29, 0.717) is 24.2 Å². The molecule has 0 radical (unpaired) electrons. The predicted molar refractivity (Wildman–Crippen MR) is 181 cm³/mol. The molecule has 0 aromatic heterocycles. The third-order valence-electron chi connectivity index (χ3n) is 7.66. The average Bonchev–Trinajstić information content (AvgIpc) is 3.05. The standard InChI is InChI=1S/C34H47N3O10S/c1-3-4-5-6-25(19-24(39)13-9-22-10-15-29(40)30(18-22)47-2)48-20-28(36-31(41)16-14-26(35)33(43)44)32(42)37-27(34(45)46)17-21-7-11-23(38)12-8-21/h7-8,10-12,15,18,25-28,38,40H,3-6,9,13-14,16-17,19-20,35H2,1-2H3,(H,36,41)(H,37,42)(H,43,44)(H,45,46). The number of ketones is 1. The number of aromatic hydroxyl groups is 2. The van der Waals surface area contributed by atoms with Gasteiger partial charge in [0.1, 0.15) is 29.7 Å². The molecule has 0 heterocycles. The molecule has 0 bridgehead atoms. The minimum atomic E-state index is -1.34. The van der Waals surface area contributed by atoms with Gasteiger partial charge in [-0.25, -0.2) is 4.79 Å². The summed E-state index contributed by atoms with van der Waals surface area (Å²) in [5.41, 5.74) is 6.91. The minimum Gasteiger partial charge on any atom is -0.508 e. The number of amides is 2. The highest BCUT2D eigenvalue weighted by Gasteiger charge is 2.28. The summed E-state index contributed by atoms with van der Waals surface area (Å²) in [4.78, 5) is 62.5. The van der Waals surface area contributed by atoms with Crippen LogP contribution in [0.3, 0.4) is 0 Å². The van der Waals surface area contributed by atoms with Gasteiger partial charge in [0.25, 0.3) is 0 Å². The number of carbonyl (C=O) groups is 5. The molecule has 0 fully saturated rings. The molecule has 2 amide bonds. The number of aryl methyl sites for hydroxylation is 1. The lowest BCUT2D eigenvalue weighted by Crippen LogP contribution is -2.53. The molecule has 4 atom stereocenters. The number of benzene rings is 2. The number of thioether (sulfide) groups is 1. The number of carbonyl (C=O) groups excluding carboxylic acids is 3. The monoisotopic (exact) mass is 689 g/mol. The van der Waals surface area contributed by atoms with E-state index in [0.717, 1.165) is 24.8 Å². The van der Waals surface area contributed by atoms with Crippen LogP contribution in [0.15, 0.2) is 42.5 Å². The maximum atomic E-state index is 13.5. The quantitative estimate of drug-likeness (QED) is 0.0836. The van der Waals surface area contributed by atoms with Crippen LogP contribution >= 0.6 is 11.8 Å². The van der Waals surface area contributed by atoms with E-state index >= 15 is 0 Å². The Labute approximate surface area is 284 Å². The summed E-state index contributed by atoms with van der Waals surface area (Å²) in [5.74, 6) is -3.57. The molecule has 0 aliphatic carbocycles. The van der Waals surface area contributed by atoms with Crippen LogP contribution in [0.25, 0.3) is 0 Å². The Hall–Kier alpha value is -4.30. The largest absolute Gasteiger partial charge is 0.508 e. The number of nitrogens with two attached hydrogens (primary N) is 1. The van der Waals surface area contributed by atoms with E-state index in [-0.39, 0.29) is 60.4 Å². The number of methoxy groups -OCH3 is 1. The molecule has 8 N–H and O–H groups in total. The number of phenolic OH excluding ortho intramolecular Hbond substituents is 2. The maximum absolute atomic E-state index is 13.5. The Morgan fingerprint density at radius 3 is 2.19 bits per heavy atom. The van der Waals surface area contributed by atoms with Gasteiger partial charge in [-0.2, -0.15) is 11.8 Å². The van der Waals surface area contributed by atoms with Crippen molar-refractivity contribution in [2.45, 2.75) is 94.5 Å². The third kappa shape index (κ3) is 14.6. The zero-order valence-corrected chi connectivity index (χ0v) is 28.2. The van der Waals surface area contributed by atoms with Crippen LogP contribution in [0.1, 0.15) is 69.4 Å². The van der Waals surface area contributed by atoms with Crippen molar-refractivity contribution in [2.24, 2.45) is 5.73 Å². The number of Topliss-reactive ketones (excluding diaryl/α,β-unsaturated/α-hetero) is 1. The van der Waals surface area contributed by atoms with E-state index in [2.05, 4.69) is 17.6 Å². The molecule has 4 unspecified atom stereocenters. The van der Waals surface area contributed by atoms with E-state index in [1.54, 1.807) is 12.1 Å². The van der Waals surface area contributed by atoms with Gasteiger partial charge < -0.3 is 41.5 Å². The SMILES string of the molecule is CCCCCC(CC(=O)CCc1ccc(O)c(OC)c1)SCC(NC(=O)CCC(N)C(=O)O)C(=O)NC(Cc1ccc(O)cc1)C(=O)O. The van der Waals surface area contributed by atoms with E-state index in [1.807, 2.05) is 0 Å². The summed E-state index contributed by atoms with van der Waals surface area (Å²) in [6.45, 7) is 2.06. The van der Waals surface area contributed by atoms with E-state index < -0.39 is 41.9 Å². The topological polar surface area (TPSA) is 226 Å². The van der Waals surface area contributed by atoms with Crippen molar-refractivity contribution in [3.63, 3.8) is 0 Å². The summed E-state index contributed by atoms with van der Waals surface area (Å²) < 4.78 is 5.15. The number of ether oxygens (including phenoxy) is 1. The Morgan fingerprint density at radius 1 is 0.875 bits per heavy atom. The first-order valence-corrected chi connectivity index (χ1v) is 17.0. The number of rotatable bonds is 23. The predicted octanol–water partition coefficient (Wildman–Crippen LogP) is 3.17. The number of carboxylic acid groups (broad SMARTS) is 2. The third-order valence-corrected chi connectivity index (χ3v) is 9.06. The van der Waals surface area contributed by atoms with Gasteiger partial charge in [-0.15, -0.1) is 0 Å². The summed E-state index contributed by atoms with van der Waals surface area (Å²) in [5, 5.41) is 43.2. The van der Waals surface area contributed by atoms with Gasteiger partial charge in [0.05, 0.1) is 7.11 Å². The highest BCUT2D eigenvalue weighted by molar-refractivity contribution is 8.00. The average molecular weight is 690 g/mol. The summed E-state index contributed by atoms with van der Waals surface area (Å²) in [6, 6.07) is 7.00. The van der Waals surface area contributed by atoms with Gasteiger partial charge in [-0.3, -0.25) is 19.2 Å². The fraction of sp³-hybridized carbons (Fsp3) is 0.500. The molecule has 2 aromatic rings. The van der Waals surface area contributed by atoms with Gasteiger partial charge in [0.15, 0.2) is 11.5 Å². The number of nitrogens with one attached hydrogen (secondary N) is 2. The van der Waals surface area contributed by atoms with E-state index in [9.17, 15) is 39.3 Å². The number of aliphatic carboxylic acids is 2. The first-order valence-electron chi connectivity index (χ1n) is 15.9. The maximum Gasteiger partial charge on any atom is 0.326 e. The molecule has 264 valence electrons. The van der Waals surface area contributed by atoms with Crippen LogP contribution in [0, 0.1) is 0 Å². The molecule has 0 saturated carbocycles. The zero-order chi connectivity index (χ0) is 35.6. The lowest BCUT2D eigenvalue weighted by molar-refractivity contribution is -0.142. The molecule has 0 spiro atoms. The lowest BCUT2D eigenvalue weighted by atomic mass is 10.0. The van der Waals surface area contributed by atoms with Crippen molar-refractivity contribution in [3.05, 3.63) is 53.6 Å². The summed E-state index contributed by atoms with van der Waals surface area (Å²) >= 11 is 1.34. The van der Waals surface area contributed by atoms with E-state index in [4.69, 9.17) is 15.6 Å². The Bertz CT molecular complexity index is 1370. The second-order valence-electron chi connectivity index (χ2n) is 11.6. The van der Waals surface area contributed by atoms with Crippen molar-refractivity contribution in [1.29, 1.82) is 0 Å². The molecule has 13 nitrogen and oxygen atoms in total. The molecule has 48 heavy (non-hydrogen) atoms. The van der Waals surface area contributed by atoms with Crippen LogP contribution in [-0.2, 0) is 36.8 Å². The number of phenols is 2. The van der Waals surface area contributed by atoms with Gasteiger partial charge in [0.2, 0.25) is 11.8 Å². The number of unbranched alkanes of at least 4 members (excludes halogenated alkanes) is 2. The Morgan fingerprint density at radius 2 is 1.56 bits per heavy atom. The van der Waals surface area contributed by atoms with Crippen LogP contribution in [0.4, 0.5) is 0 Å². The summed E-state index contributed by atoms with van der Waals surface area (Å²) in [7, 11) is 1.45. The molecule has 0 aliphatic heterocycles. The van der Waals surface area contributed by atoms with Crippen molar-refractivity contribution in [2.75, 3.05) is 12.9 Å². The molecular formula is C34H47N3O10S. The van der Waals surface area contributed by atoms with Crippen molar-refractivity contribution < 1.29 is 49.1 Å². The van der Waals surface area contributed by atoms with Gasteiger partial charge >= 0.3 is 11.9 Å². The normalized spacial score (nSPS) is 13.5. The number of hydrogen-bond acceptors (Lipinski definition) is 10. The molecule has 0 saturated heterocycles. The second kappa shape index (κ2) is 20.8. The lowest BCUT2D eigenvalue weighted by Gasteiger charge is -2.24. The van der Waals surface area contributed by atoms with Crippen molar-refractivity contribution >= 4 is 41.3 Å². The van der Waals surface area contributed by atoms with Crippen molar-refractivity contribution in [3.8, 4) is 17.2 Å². The smallest absolute Gasteiger partial charge is 0.326 e. The fourth-order valence-corrected chi connectivity index (χ4v) is 6.15. The summed E-state index contributed by atoms with van der Waals surface area (Å²) in [6.07, 6.45) is 3.85. The second-order valence-corrected chi connectivity index (χ2v) is 12.9. The van der Waals surface area contributed by atoms with Gasteiger partial charge in [0, 0.05) is 36.7 Å².